The van der Waals surface area contributed by atoms with Crippen molar-refractivity contribution in [2.75, 3.05) is 6.61 Å². The lowest BCUT2D eigenvalue weighted by Gasteiger charge is -2.27. The molecule has 0 radical (unpaired) electrons. The summed E-state index contributed by atoms with van der Waals surface area (Å²) in [5, 5.41) is 44.0. The Morgan fingerprint density at radius 1 is 0.368 bits per heavy atom. The molecule has 0 saturated carbocycles. The summed E-state index contributed by atoms with van der Waals surface area (Å²) in [7, 11) is 0. The zero-order chi connectivity index (χ0) is 49.5. The largest absolute Gasteiger partial charge is 0.394 e. The molecule has 6 heteroatoms. The second kappa shape index (κ2) is 56.2. The summed E-state index contributed by atoms with van der Waals surface area (Å²) in [6.45, 7) is 4.07. The molecular formula is C62H117NO5. The summed E-state index contributed by atoms with van der Waals surface area (Å²) in [5.41, 5.74) is 0. The number of rotatable bonds is 55. The van der Waals surface area contributed by atoms with Crippen LogP contribution >= 0.6 is 0 Å². The quantitative estimate of drug-likeness (QED) is 0.0308. The van der Waals surface area contributed by atoms with Gasteiger partial charge in [0.2, 0.25) is 5.91 Å². The molecule has 0 bridgehead atoms. The lowest BCUT2D eigenvalue weighted by atomic mass is 10.00. The van der Waals surface area contributed by atoms with Crippen molar-refractivity contribution in [3.8, 4) is 0 Å². The summed E-state index contributed by atoms with van der Waals surface area (Å²) < 4.78 is 0. The van der Waals surface area contributed by atoms with E-state index in [0.29, 0.717) is 19.3 Å². The van der Waals surface area contributed by atoms with Crippen molar-refractivity contribution in [3.63, 3.8) is 0 Å². The molecule has 0 aromatic heterocycles. The topological polar surface area (TPSA) is 110 Å². The Morgan fingerprint density at radius 3 is 1.01 bits per heavy atom. The molecule has 0 aliphatic rings. The predicted molar refractivity (Wildman–Crippen MR) is 297 cm³/mol. The van der Waals surface area contributed by atoms with Crippen LogP contribution in [-0.2, 0) is 4.79 Å². The van der Waals surface area contributed by atoms with E-state index in [1.807, 2.05) is 0 Å². The molecule has 0 spiro atoms. The van der Waals surface area contributed by atoms with Crippen LogP contribution in [0, 0.1) is 0 Å². The van der Waals surface area contributed by atoms with Gasteiger partial charge < -0.3 is 25.7 Å². The van der Waals surface area contributed by atoms with Gasteiger partial charge in [-0.1, -0.05) is 274 Å². The number of aliphatic hydroxyl groups excluding tert-OH is 4. The summed E-state index contributed by atoms with van der Waals surface area (Å²) in [4.78, 5) is 12.6. The number of hydrogen-bond acceptors (Lipinski definition) is 5. The predicted octanol–water partition coefficient (Wildman–Crippen LogP) is 17.8. The normalized spacial score (nSPS) is 14.0. The highest BCUT2D eigenvalue weighted by Gasteiger charge is 2.28. The third-order valence-corrected chi connectivity index (χ3v) is 14.0. The number of carbonyl (C=O) groups is 1. The van der Waals surface area contributed by atoms with E-state index in [1.54, 1.807) is 0 Å². The summed E-state index contributed by atoms with van der Waals surface area (Å²) in [6, 6.07) is -1.01. The molecule has 0 aliphatic heterocycles. The van der Waals surface area contributed by atoms with Gasteiger partial charge in [0.15, 0.2) is 0 Å². The molecule has 4 atom stereocenters. The first kappa shape index (κ1) is 66.3. The molecule has 0 rings (SSSR count). The highest BCUT2D eigenvalue weighted by atomic mass is 16.3. The molecule has 4 unspecified atom stereocenters. The molecule has 400 valence electrons. The monoisotopic (exact) mass is 956 g/mol. The Bertz CT molecular complexity index is 1120. The number of nitrogens with one attached hydrogen (secondary N) is 1. The highest BCUT2D eigenvalue weighted by Crippen LogP contribution is 2.17. The maximum atomic E-state index is 12.6. The van der Waals surface area contributed by atoms with Crippen LogP contribution in [0.4, 0.5) is 0 Å². The van der Waals surface area contributed by atoms with E-state index in [2.05, 4.69) is 67.8 Å². The minimum atomic E-state index is -1.29. The van der Waals surface area contributed by atoms with E-state index in [9.17, 15) is 25.2 Å². The van der Waals surface area contributed by atoms with Crippen LogP contribution in [0.2, 0.25) is 0 Å². The van der Waals surface area contributed by atoms with Gasteiger partial charge >= 0.3 is 0 Å². The third kappa shape index (κ3) is 49.3. The molecule has 0 aromatic rings. The van der Waals surface area contributed by atoms with Crippen molar-refractivity contribution in [1.82, 2.24) is 5.32 Å². The summed E-state index contributed by atoms with van der Waals surface area (Å²) in [6.07, 6.45) is 71.9. The van der Waals surface area contributed by atoms with Crippen LogP contribution in [0.1, 0.15) is 309 Å². The number of aliphatic hydroxyl groups is 4. The summed E-state index contributed by atoms with van der Waals surface area (Å²) >= 11 is 0. The molecule has 0 heterocycles. The fraction of sp³-hybridized carbons (Fsp3) is 0.855. The number of carbonyl (C=O) groups excluding carboxylic acids is 1. The Labute approximate surface area is 423 Å². The highest BCUT2D eigenvalue weighted by molar-refractivity contribution is 5.80. The van der Waals surface area contributed by atoms with Gasteiger partial charge in [0.1, 0.15) is 12.2 Å². The molecule has 6 nitrogen and oxygen atoms in total. The molecule has 0 saturated heterocycles. The smallest absolute Gasteiger partial charge is 0.249 e. The van der Waals surface area contributed by atoms with Crippen LogP contribution in [0.3, 0.4) is 0 Å². The van der Waals surface area contributed by atoms with Gasteiger partial charge in [0, 0.05) is 0 Å². The van der Waals surface area contributed by atoms with E-state index in [4.69, 9.17) is 0 Å². The fourth-order valence-corrected chi connectivity index (χ4v) is 9.28. The van der Waals surface area contributed by atoms with E-state index in [-0.39, 0.29) is 0 Å². The fourth-order valence-electron chi connectivity index (χ4n) is 9.28. The molecule has 0 fully saturated rings. The Hall–Kier alpha value is -1.73. The molecular weight excluding hydrogens is 839 g/mol. The molecule has 0 aromatic carbocycles. The Kier molecular flexibility index (Phi) is 54.8. The number of allylic oxidation sites excluding steroid dienone is 8. The second-order valence-corrected chi connectivity index (χ2v) is 20.7. The second-order valence-electron chi connectivity index (χ2n) is 20.7. The first-order valence-corrected chi connectivity index (χ1v) is 30.0. The van der Waals surface area contributed by atoms with Crippen LogP contribution in [0.25, 0.3) is 0 Å². The van der Waals surface area contributed by atoms with Gasteiger partial charge in [0.25, 0.3) is 0 Å². The van der Waals surface area contributed by atoms with Crippen molar-refractivity contribution < 1.29 is 25.2 Å². The minimum Gasteiger partial charge on any atom is -0.394 e. The lowest BCUT2D eigenvalue weighted by molar-refractivity contribution is -0.132. The van der Waals surface area contributed by atoms with Crippen LogP contribution in [-0.4, -0.2) is 57.3 Å². The van der Waals surface area contributed by atoms with Crippen LogP contribution < -0.4 is 5.32 Å². The SMILES string of the molecule is CCCCCCCCCCC/C=C\C/C=C\CCCCCCCCCCCCCCCCC(O)C(=O)NC(CO)C(O)C(O)CCC/C=C/CC/C=C/CCCCCCCCCCCCCCC. The maximum absolute atomic E-state index is 12.6. The standard InChI is InChI=1S/C62H117NO5/c1-3-5-7-9-11-13-15-17-19-21-23-25-27-28-29-30-31-32-33-34-36-38-40-42-44-46-48-50-52-54-56-60(66)62(68)63-58(57-64)61(67)59(65)55-53-51-49-47-45-43-41-39-37-35-26-24-22-20-18-16-14-12-10-8-6-4-2/h23,25,28-29,39,41,47,49,58-61,64-67H,3-22,24,26-27,30-38,40,42-46,48,50-57H2,1-2H3,(H,63,68)/b25-23-,29-28-,41-39+,49-47+. The number of hydrogen-bond donors (Lipinski definition) is 5. The van der Waals surface area contributed by atoms with Gasteiger partial charge in [-0.05, 0) is 83.5 Å². The first-order valence-electron chi connectivity index (χ1n) is 30.0. The van der Waals surface area contributed by atoms with E-state index in [0.717, 1.165) is 44.9 Å². The zero-order valence-electron chi connectivity index (χ0n) is 45.4. The van der Waals surface area contributed by atoms with Gasteiger partial charge in [0.05, 0.1) is 18.8 Å². The van der Waals surface area contributed by atoms with Crippen LogP contribution in [0.15, 0.2) is 48.6 Å². The Balaban J connectivity index is 3.66. The maximum Gasteiger partial charge on any atom is 0.249 e. The van der Waals surface area contributed by atoms with Gasteiger partial charge in [-0.25, -0.2) is 0 Å². The molecule has 0 aliphatic carbocycles. The van der Waals surface area contributed by atoms with Gasteiger partial charge in [-0.3, -0.25) is 4.79 Å². The lowest BCUT2D eigenvalue weighted by Crippen LogP contribution is -2.53. The van der Waals surface area contributed by atoms with Gasteiger partial charge in [-0.15, -0.1) is 0 Å². The Morgan fingerprint density at radius 2 is 0.662 bits per heavy atom. The molecule has 68 heavy (non-hydrogen) atoms. The summed E-state index contributed by atoms with van der Waals surface area (Å²) in [5.74, 6) is -0.595. The van der Waals surface area contributed by atoms with Gasteiger partial charge in [-0.2, -0.15) is 0 Å². The third-order valence-electron chi connectivity index (χ3n) is 14.0. The van der Waals surface area contributed by atoms with Crippen molar-refractivity contribution in [3.05, 3.63) is 48.6 Å². The first-order chi connectivity index (χ1) is 33.5. The van der Waals surface area contributed by atoms with E-state index < -0.39 is 36.9 Å². The van der Waals surface area contributed by atoms with Crippen LogP contribution in [0.5, 0.6) is 0 Å². The average Bonchev–Trinajstić information content (AvgIpc) is 3.34. The van der Waals surface area contributed by atoms with Crippen molar-refractivity contribution in [2.45, 2.75) is 334 Å². The molecule has 1 amide bonds. The van der Waals surface area contributed by atoms with Crippen molar-refractivity contribution in [2.24, 2.45) is 0 Å². The van der Waals surface area contributed by atoms with E-state index in [1.165, 1.54) is 231 Å². The number of amides is 1. The molecule has 5 N–H and O–H groups in total. The zero-order valence-corrected chi connectivity index (χ0v) is 45.4. The number of unbranched alkanes of at least 4 members (excludes halogenated alkanes) is 38. The van der Waals surface area contributed by atoms with Crippen molar-refractivity contribution >= 4 is 5.91 Å². The average molecular weight is 957 g/mol. The van der Waals surface area contributed by atoms with E-state index >= 15 is 0 Å². The van der Waals surface area contributed by atoms with Crippen molar-refractivity contribution in [1.29, 1.82) is 0 Å². The minimum absolute atomic E-state index is 0.359.